The fourth-order valence-electron chi connectivity index (χ4n) is 0.946. The van der Waals surface area contributed by atoms with Crippen molar-refractivity contribution in [1.29, 1.82) is 0 Å². The number of aromatic nitrogens is 4. The highest BCUT2D eigenvalue weighted by atomic mass is 16.5. The largest absolute Gasteiger partial charge is 0.312 e. The fourth-order valence-corrected chi connectivity index (χ4v) is 0.946. The summed E-state index contributed by atoms with van der Waals surface area (Å²) in [6.45, 7) is 0. The summed E-state index contributed by atoms with van der Waals surface area (Å²) in [6, 6.07) is 0. The minimum absolute atomic E-state index is 0.138. The van der Waals surface area contributed by atoms with Crippen LogP contribution in [-0.4, -0.2) is 25.4 Å². The molecule has 0 unspecified atom stereocenters. The summed E-state index contributed by atoms with van der Waals surface area (Å²) < 4.78 is 0. The van der Waals surface area contributed by atoms with Gasteiger partial charge in [-0.05, 0) is 0 Å². The second-order valence-corrected chi connectivity index (χ2v) is 2.14. The van der Waals surface area contributed by atoms with Crippen molar-refractivity contribution >= 4 is 16.9 Å². The smallest absolute Gasteiger partial charge is 0.264 e. The quantitative estimate of drug-likeness (QED) is 0.426. The summed E-state index contributed by atoms with van der Waals surface area (Å²) in [4.78, 5) is 17.2. The van der Waals surface area contributed by atoms with Crippen LogP contribution < -0.4 is 11.0 Å². The van der Waals surface area contributed by atoms with Gasteiger partial charge in [-0.3, -0.25) is 20.6 Å². The molecule has 12 heavy (non-hydrogen) atoms. The Morgan fingerprint density at radius 2 is 2.42 bits per heavy atom. The van der Waals surface area contributed by atoms with Gasteiger partial charge in [0.2, 0.25) is 0 Å². The molecule has 0 saturated heterocycles. The molecule has 0 aliphatic carbocycles. The van der Waals surface area contributed by atoms with Crippen molar-refractivity contribution in [2.24, 2.45) is 0 Å². The van der Waals surface area contributed by atoms with Crippen LogP contribution in [0.4, 0.5) is 5.82 Å². The van der Waals surface area contributed by atoms with Gasteiger partial charge in [-0.25, -0.2) is 4.98 Å². The second kappa shape index (κ2) is 2.31. The van der Waals surface area contributed by atoms with E-state index in [0.29, 0.717) is 0 Å². The highest BCUT2D eigenvalue weighted by Crippen LogP contribution is 2.11. The van der Waals surface area contributed by atoms with Gasteiger partial charge in [0.05, 0.1) is 6.33 Å². The molecule has 62 valence electrons. The van der Waals surface area contributed by atoms with Gasteiger partial charge in [0.1, 0.15) is 5.39 Å². The maximum absolute atomic E-state index is 11.1. The topological polar surface area (TPSA) is 107 Å². The molecule has 0 saturated carbocycles. The maximum Gasteiger partial charge on any atom is 0.264 e. The normalized spacial score (nSPS) is 10.4. The molecule has 0 aromatic carbocycles. The molecule has 2 heterocycles. The molecule has 7 nitrogen and oxygen atoms in total. The Morgan fingerprint density at radius 1 is 1.58 bits per heavy atom. The van der Waals surface area contributed by atoms with E-state index in [1.165, 1.54) is 6.33 Å². The lowest BCUT2D eigenvalue weighted by Gasteiger charge is -1.90. The molecule has 0 atom stereocenters. The Bertz CT molecular complexity index is 458. The standard InChI is InChI=1S/C5H5N5O2/c11-5-2-3(6-1-7-5)8-9-4(2)10-12/h1,12H,(H3,6,7,8,9,10,11). The van der Waals surface area contributed by atoms with Crippen LogP contribution in [0.3, 0.4) is 0 Å². The third kappa shape index (κ3) is 0.768. The third-order valence-electron chi connectivity index (χ3n) is 1.47. The van der Waals surface area contributed by atoms with Gasteiger partial charge >= 0.3 is 0 Å². The first-order valence-corrected chi connectivity index (χ1v) is 3.15. The van der Waals surface area contributed by atoms with E-state index < -0.39 is 0 Å². The van der Waals surface area contributed by atoms with Gasteiger partial charge < -0.3 is 4.98 Å². The van der Waals surface area contributed by atoms with Crippen LogP contribution in [0.15, 0.2) is 11.1 Å². The molecule has 7 heteroatoms. The molecule has 2 rings (SSSR count). The molecular formula is C5H5N5O2. The van der Waals surface area contributed by atoms with E-state index in [4.69, 9.17) is 5.21 Å². The summed E-state index contributed by atoms with van der Waals surface area (Å²) in [5.41, 5.74) is 1.72. The molecule has 0 radical (unpaired) electrons. The number of hydrogen-bond donors (Lipinski definition) is 4. The van der Waals surface area contributed by atoms with Crippen LogP contribution in [0.5, 0.6) is 0 Å². The first-order chi connectivity index (χ1) is 5.83. The monoisotopic (exact) mass is 167 g/mol. The van der Waals surface area contributed by atoms with Gasteiger partial charge in [0.15, 0.2) is 11.5 Å². The molecule has 2 aromatic heterocycles. The number of anilines is 1. The Morgan fingerprint density at radius 3 is 3.17 bits per heavy atom. The summed E-state index contributed by atoms with van der Waals surface area (Å²) >= 11 is 0. The summed E-state index contributed by atoms with van der Waals surface area (Å²) in [5, 5.41) is 14.8. The summed E-state index contributed by atoms with van der Waals surface area (Å²) in [7, 11) is 0. The zero-order valence-corrected chi connectivity index (χ0v) is 5.83. The average Bonchev–Trinajstić information content (AvgIpc) is 2.49. The lowest BCUT2D eigenvalue weighted by Crippen LogP contribution is -2.06. The number of hydrogen-bond acceptors (Lipinski definition) is 5. The Labute approximate surface area is 65.4 Å². The number of fused-ring (bicyclic) bond motifs is 1. The second-order valence-electron chi connectivity index (χ2n) is 2.14. The number of rotatable bonds is 1. The van der Waals surface area contributed by atoms with Crippen molar-refractivity contribution in [1.82, 2.24) is 20.2 Å². The SMILES string of the molecule is O=c1[nH]cnc2n[nH]c(NO)c12. The predicted molar refractivity (Wildman–Crippen MR) is 39.9 cm³/mol. The number of H-pyrrole nitrogens is 2. The van der Waals surface area contributed by atoms with E-state index in [1.54, 1.807) is 0 Å². The number of aromatic amines is 2. The summed E-state index contributed by atoms with van der Waals surface area (Å²) in [5.74, 6) is 0.138. The van der Waals surface area contributed by atoms with Crippen LogP contribution in [0.25, 0.3) is 11.0 Å². The molecule has 0 amide bonds. The predicted octanol–water partition coefficient (Wildman–Crippen LogP) is -0.553. The van der Waals surface area contributed by atoms with E-state index in [0.717, 1.165) is 0 Å². The van der Waals surface area contributed by atoms with Crippen molar-refractivity contribution in [3.63, 3.8) is 0 Å². The maximum atomic E-state index is 11.1. The Kier molecular flexibility index (Phi) is 1.31. The van der Waals surface area contributed by atoms with E-state index in [2.05, 4.69) is 20.2 Å². The van der Waals surface area contributed by atoms with Crippen LogP contribution in [0.1, 0.15) is 0 Å². The van der Waals surface area contributed by atoms with Crippen LogP contribution in [-0.2, 0) is 0 Å². The van der Waals surface area contributed by atoms with E-state index >= 15 is 0 Å². The van der Waals surface area contributed by atoms with Crippen molar-refractivity contribution in [3.8, 4) is 0 Å². The molecule has 0 aliphatic heterocycles. The number of nitrogens with zero attached hydrogens (tertiary/aromatic N) is 2. The lowest BCUT2D eigenvalue weighted by atomic mass is 10.4. The van der Waals surface area contributed by atoms with Crippen molar-refractivity contribution in [2.75, 3.05) is 5.48 Å². The molecule has 0 aliphatic rings. The van der Waals surface area contributed by atoms with E-state index in [9.17, 15) is 4.79 Å². The molecule has 0 spiro atoms. The molecule has 2 aromatic rings. The molecule has 0 bridgehead atoms. The van der Waals surface area contributed by atoms with Gasteiger partial charge in [-0.15, -0.1) is 0 Å². The van der Waals surface area contributed by atoms with Crippen molar-refractivity contribution in [3.05, 3.63) is 16.7 Å². The van der Waals surface area contributed by atoms with Crippen molar-refractivity contribution in [2.45, 2.75) is 0 Å². The van der Waals surface area contributed by atoms with Gasteiger partial charge in [0.25, 0.3) is 5.56 Å². The Balaban J connectivity index is 2.92. The fraction of sp³-hybridized carbons (Fsp3) is 0. The van der Waals surface area contributed by atoms with E-state index in [-0.39, 0.29) is 22.4 Å². The summed E-state index contributed by atoms with van der Waals surface area (Å²) in [6.07, 6.45) is 1.24. The van der Waals surface area contributed by atoms with Crippen molar-refractivity contribution < 1.29 is 5.21 Å². The third-order valence-corrected chi connectivity index (χ3v) is 1.47. The van der Waals surface area contributed by atoms with Crippen LogP contribution in [0.2, 0.25) is 0 Å². The minimum Gasteiger partial charge on any atom is -0.312 e. The average molecular weight is 167 g/mol. The van der Waals surface area contributed by atoms with Gasteiger partial charge in [0, 0.05) is 0 Å². The first kappa shape index (κ1) is 6.80. The Hall–Kier alpha value is -1.89. The van der Waals surface area contributed by atoms with Gasteiger partial charge in [-0.2, -0.15) is 5.10 Å². The minimum atomic E-state index is -0.356. The zero-order chi connectivity index (χ0) is 8.55. The van der Waals surface area contributed by atoms with Gasteiger partial charge in [-0.1, -0.05) is 0 Å². The van der Waals surface area contributed by atoms with E-state index in [1.807, 2.05) is 5.48 Å². The highest BCUT2D eigenvalue weighted by molar-refractivity contribution is 5.85. The lowest BCUT2D eigenvalue weighted by molar-refractivity contribution is 0.386. The number of nitrogens with one attached hydrogen (secondary N) is 3. The van der Waals surface area contributed by atoms with Crippen LogP contribution in [0, 0.1) is 0 Å². The molecule has 4 N–H and O–H groups in total. The van der Waals surface area contributed by atoms with Crippen LogP contribution >= 0.6 is 0 Å². The highest BCUT2D eigenvalue weighted by Gasteiger charge is 2.07. The molecular weight excluding hydrogens is 162 g/mol. The first-order valence-electron chi connectivity index (χ1n) is 3.15. The molecule has 0 fully saturated rings. The zero-order valence-electron chi connectivity index (χ0n) is 5.83.